The molecule has 2 aromatic rings. The first-order valence-electron chi connectivity index (χ1n) is 8.63. The van der Waals surface area contributed by atoms with Crippen molar-refractivity contribution in [2.24, 2.45) is 0 Å². The highest BCUT2D eigenvalue weighted by Crippen LogP contribution is 2.32. The van der Waals surface area contributed by atoms with Gasteiger partial charge in [-0.3, -0.25) is 9.59 Å². The molecule has 136 valence electrons. The van der Waals surface area contributed by atoms with Crippen LogP contribution in [0, 0.1) is 13.8 Å². The third-order valence-corrected chi connectivity index (χ3v) is 5.54. The van der Waals surface area contributed by atoms with Gasteiger partial charge in [0.1, 0.15) is 10.7 Å². The minimum atomic E-state index is -0.140. The summed E-state index contributed by atoms with van der Waals surface area (Å²) in [5.74, 6) is 0.609. The van der Waals surface area contributed by atoms with E-state index in [9.17, 15) is 9.59 Å². The Labute approximate surface area is 152 Å². The summed E-state index contributed by atoms with van der Waals surface area (Å²) in [5.41, 5.74) is 1.80. The average Bonchev–Trinajstić information content (AvgIpc) is 2.92. The maximum absolute atomic E-state index is 12.9. The van der Waals surface area contributed by atoms with Crippen LogP contribution in [0.1, 0.15) is 47.5 Å². The number of rotatable bonds is 6. The van der Waals surface area contributed by atoms with Gasteiger partial charge in [-0.05, 0) is 33.3 Å². The van der Waals surface area contributed by atoms with Crippen molar-refractivity contribution >= 4 is 33.4 Å². The Bertz CT molecular complexity index is 796. The van der Waals surface area contributed by atoms with E-state index in [-0.39, 0.29) is 18.4 Å². The summed E-state index contributed by atoms with van der Waals surface area (Å²) in [6.07, 6.45) is 0.759. The maximum atomic E-state index is 12.9. The fourth-order valence-corrected chi connectivity index (χ4v) is 4.13. The minimum absolute atomic E-state index is 0.0381. The van der Waals surface area contributed by atoms with Gasteiger partial charge in [-0.2, -0.15) is 0 Å². The zero-order chi connectivity index (χ0) is 18.7. The Morgan fingerprint density at radius 1 is 1.08 bits per heavy atom. The molecule has 6 nitrogen and oxygen atoms in total. The Kier molecular flexibility index (Phi) is 6.11. The predicted octanol–water partition coefficient (Wildman–Crippen LogP) is 2.81. The van der Waals surface area contributed by atoms with Crippen LogP contribution in [0.2, 0.25) is 0 Å². The van der Waals surface area contributed by atoms with E-state index in [4.69, 9.17) is 0 Å². The lowest BCUT2D eigenvalue weighted by atomic mass is 10.1. The topological polar surface area (TPSA) is 66.4 Å². The monoisotopic (exact) mass is 362 g/mol. The predicted molar refractivity (Wildman–Crippen MR) is 101 cm³/mol. The van der Waals surface area contributed by atoms with Gasteiger partial charge in [0, 0.05) is 37.6 Å². The molecule has 0 saturated heterocycles. The quantitative estimate of drug-likeness (QED) is 0.792. The largest absolute Gasteiger partial charge is 0.342 e. The lowest BCUT2D eigenvalue weighted by molar-refractivity contribution is -0.131. The molecule has 2 heterocycles. The zero-order valence-corrected chi connectivity index (χ0v) is 16.7. The van der Waals surface area contributed by atoms with Gasteiger partial charge >= 0.3 is 0 Å². The number of hydrogen-bond acceptors (Lipinski definition) is 5. The Balaban J connectivity index is 2.31. The Morgan fingerprint density at radius 2 is 1.72 bits per heavy atom. The van der Waals surface area contributed by atoms with Crippen LogP contribution in [0.3, 0.4) is 0 Å². The molecule has 0 N–H and O–H groups in total. The van der Waals surface area contributed by atoms with Crippen molar-refractivity contribution in [1.82, 2.24) is 19.8 Å². The lowest BCUT2D eigenvalue weighted by Crippen LogP contribution is -2.40. The molecule has 0 spiro atoms. The van der Waals surface area contributed by atoms with E-state index in [0.29, 0.717) is 18.0 Å². The number of nitrogens with zero attached hydrogens (tertiary/aromatic N) is 4. The van der Waals surface area contributed by atoms with Crippen LogP contribution in [0.25, 0.3) is 10.2 Å². The Hall–Kier alpha value is -2.02. The van der Waals surface area contributed by atoms with E-state index in [2.05, 4.69) is 9.97 Å². The number of carbonyl (C=O) groups is 2. The highest BCUT2D eigenvalue weighted by molar-refractivity contribution is 7.20. The van der Waals surface area contributed by atoms with Crippen molar-refractivity contribution < 1.29 is 9.59 Å². The molecule has 0 fully saturated rings. The second-order valence-electron chi connectivity index (χ2n) is 6.04. The summed E-state index contributed by atoms with van der Waals surface area (Å²) in [6, 6.07) is 0. The van der Waals surface area contributed by atoms with Gasteiger partial charge < -0.3 is 9.80 Å². The van der Waals surface area contributed by atoms with Crippen LogP contribution in [-0.2, 0) is 11.2 Å². The third kappa shape index (κ3) is 3.81. The fraction of sp³-hybridized carbons (Fsp3) is 0.556. The molecule has 0 unspecified atom stereocenters. The second kappa shape index (κ2) is 7.91. The number of aromatic nitrogens is 2. The number of hydrogen-bond donors (Lipinski definition) is 0. The van der Waals surface area contributed by atoms with E-state index in [1.165, 1.54) is 16.2 Å². The van der Waals surface area contributed by atoms with Crippen LogP contribution in [-0.4, -0.2) is 58.3 Å². The van der Waals surface area contributed by atoms with Gasteiger partial charge in [0.05, 0.1) is 11.4 Å². The molecule has 0 aliphatic heterocycles. The lowest BCUT2D eigenvalue weighted by Gasteiger charge is -2.23. The van der Waals surface area contributed by atoms with Gasteiger partial charge in [-0.1, -0.05) is 6.92 Å². The molecule has 0 saturated carbocycles. The van der Waals surface area contributed by atoms with Gasteiger partial charge in [0.2, 0.25) is 5.91 Å². The van der Waals surface area contributed by atoms with Crippen molar-refractivity contribution in [3.8, 4) is 0 Å². The summed E-state index contributed by atoms with van der Waals surface area (Å²) in [6.45, 7) is 11.1. The molecule has 0 aromatic carbocycles. The van der Waals surface area contributed by atoms with Crippen LogP contribution >= 0.6 is 11.3 Å². The third-order valence-electron chi connectivity index (χ3n) is 4.36. The second-order valence-corrected chi connectivity index (χ2v) is 7.04. The van der Waals surface area contributed by atoms with Gasteiger partial charge in [-0.15, -0.1) is 11.3 Å². The molecule has 0 atom stereocenters. The van der Waals surface area contributed by atoms with Gasteiger partial charge in [0.25, 0.3) is 5.91 Å². The SMILES string of the molecule is CCc1nc(C)c2c(C)c(C(=O)N(C)CC(=O)N(CC)CC)sc2n1. The molecule has 2 aromatic heterocycles. The number of fused-ring (bicyclic) bond motifs is 1. The first kappa shape index (κ1) is 19.3. The van der Waals surface area contributed by atoms with Crippen LogP contribution < -0.4 is 0 Å². The van der Waals surface area contributed by atoms with Gasteiger partial charge in [0.15, 0.2) is 0 Å². The van der Waals surface area contributed by atoms with Crippen molar-refractivity contribution in [1.29, 1.82) is 0 Å². The van der Waals surface area contributed by atoms with E-state index in [0.717, 1.165) is 33.7 Å². The van der Waals surface area contributed by atoms with Crippen molar-refractivity contribution in [3.63, 3.8) is 0 Å². The summed E-state index contributed by atoms with van der Waals surface area (Å²) in [7, 11) is 1.67. The van der Waals surface area contributed by atoms with E-state index < -0.39 is 0 Å². The molecule has 0 radical (unpaired) electrons. The standard InChI is InChI=1S/C18H26N4O2S/c1-7-13-19-12(5)15-11(4)16(25-17(15)20-13)18(24)21(6)10-14(23)22(8-2)9-3/h7-10H2,1-6H3. The van der Waals surface area contributed by atoms with Crippen molar-refractivity contribution in [2.45, 2.75) is 41.0 Å². The molecule has 0 bridgehead atoms. The van der Waals surface area contributed by atoms with E-state index >= 15 is 0 Å². The molecule has 2 rings (SSSR count). The molecule has 25 heavy (non-hydrogen) atoms. The van der Waals surface area contributed by atoms with E-state index in [1.54, 1.807) is 11.9 Å². The average molecular weight is 362 g/mol. The normalized spacial score (nSPS) is 11.0. The first-order valence-corrected chi connectivity index (χ1v) is 9.45. The van der Waals surface area contributed by atoms with Crippen LogP contribution in [0.4, 0.5) is 0 Å². The van der Waals surface area contributed by atoms with Crippen LogP contribution in [0.5, 0.6) is 0 Å². The number of aryl methyl sites for hydroxylation is 3. The highest BCUT2D eigenvalue weighted by atomic mass is 32.1. The number of carbonyl (C=O) groups excluding carboxylic acids is 2. The smallest absolute Gasteiger partial charge is 0.264 e. The maximum Gasteiger partial charge on any atom is 0.264 e. The van der Waals surface area contributed by atoms with E-state index in [1.807, 2.05) is 34.6 Å². The van der Waals surface area contributed by atoms with Crippen molar-refractivity contribution in [2.75, 3.05) is 26.7 Å². The molecular formula is C18H26N4O2S. The van der Waals surface area contributed by atoms with Gasteiger partial charge in [-0.25, -0.2) is 9.97 Å². The zero-order valence-electron chi connectivity index (χ0n) is 15.8. The molecule has 0 aliphatic rings. The summed E-state index contributed by atoms with van der Waals surface area (Å²) >= 11 is 1.38. The van der Waals surface area contributed by atoms with Crippen molar-refractivity contribution in [3.05, 3.63) is 22.0 Å². The van der Waals surface area contributed by atoms with Crippen LogP contribution in [0.15, 0.2) is 0 Å². The number of amides is 2. The number of thiophene rings is 1. The summed E-state index contributed by atoms with van der Waals surface area (Å²) in [5, 5.41) is 0.953. The molecule has 2 amide bonds. The number of likely N-dealkylation sites (N-methyl/N-ethyl adjacent to an activating group) is 2. The summed E-state index contributed by atoms with van der Waals surface area (Å²) in [4.78, 5) is 38.9. The first-order chi connectivity index (χ1) is 11.8. The minimum Gasteiger partial charge on any atom is -0.342 e. The molecule has 7 heteroatoms. The summed E-state index contributed by atoms with van der Waals surface area (Å²) < 4.78 is 0. The highest BCUT2D eigenvalue weighted by Gasteiger charge is 2.23. The fourth-order valence-electron chi connectivity index (χ4n) is 2.88. The Morgan fingerprint density at radius 3 is 2.28 bits per heavy atom. The molecule has 0 aliphatic carbocycles. The molecular weight excluding hydrogens is 336 g/mol.